The Morgan fingerprint density at radius 1 is 0.579 bits per heavy atom. The SMILES string of the molecule is CCCCCCCCCCCCCCCCCCCCC(O)C(=O)NC(COC1OC(CO)C(O)C(O)C1O)C(O)C(O)CCCCCCCCCCCC(C)C. The zero-order chi connectivity index (χ0) is 42.1. The molecule has 0 aromatic heterocycles. The molecule has 340 valence electrons. The number of hydrogen-bond acceptors (Lipinski definition) is 10. The van der Waals surface area contributed by atoms with E-state index >= 15 is 0 Å². The van der Waals surface area contributed by atoms with Gasteiger partial charge in [-0.3, -0.25) is 4.79 Å². The largest absolute Gasteiger partial charge is 0.394 e. The van der Waals surface area contributed by atoms with Gasteiger partial charge in [-0.15, -0.1) is 0 Å². The summed E-state index contributed by atoms with van der Waals surface area (Å²) < 4.78 is 11.1. The molecule has 1 amide bonds. The van der Waals surface area contributed by atoms with Crippen molar-refractivity contribution in [1.29, 1.82) is 0 Å². The Morgan fingerprint density at radius 3 is 1.40 bits per heavy atom. The molecule has 1 aliphatic rings. The van der Waals surface area contributed by atoms with Crippen LogP contribution in [-0.4, -0.2) is 110 Å². The summed E-state index contributed by atoms with van der Waals surface area (Å²) >= 11 is 0. The number of carbonyl (C=O) groups excluding carboxylic acids is 1. The fraction of sp³-hybridized carbons (Fsp3) is 0.978. The number of ether oxygens (including phenoxy) is 2. The first-order valence-electron chi connectivity index (χ1n) is 23.8. The summed E-state index contributed by atoms with van der Waals surface area (Å²) in [5.74, 6) is 0.0695. The molecule has 57 heavy (non-hydrogen) atoms. The first-order chi connectivity index (χ1) is 27.5. The molecule has 1 heterocycles. The molecule has 0 radical (unpaired) electrons. The van der Waals surface area contributed by atoms with E-state index in [2.05, 4.69) is 26.1 Å². The molecule has 1 aliphatic heterocycles. The van der Waals surface area contributed by atoms with Gasteiger partial charge in [0.05, 0.1) is 25.4 Å². The van der Waals surface area contributed by atoms with Crippen molar-refractivity contribution in [3.8, 4) is 0 Å². The molecule has 0 aliphatic carbocycles. The van der Waals surface area contributed by atoms with Crippen molar-refractivity contribution in [3.05, 3.63) is 0 Å². The zero-order valence-corrected chi connectivity index (χ0v) is 36.8. The van der Waals surface area contributed by atoms with Crippen LogP contribution in [0, 0.1) is 5.92 Å². The zero-order valence-electron chi connectivity index (χ0n) is 36.8. The van der Waals surface area contributed by atoms with Crippen molar-refractivity contribution in [3.63, 3.8) is 0 Å². The van der Waals surface area contributed by atoms with Crippen LogP contribution in [0.25, 0.3) is 0 Å². The van der Waals surface area contributed by atoms with E-state index < -0.39 is 74.2 Å². The van der Waals surface area contributed by atoms with Gasteiger partial charge in [-0.2, -0.15) is 0 Å². The van der Waals surface area contributed by atoms with Crippen LogP contribution >= 0.6 is 0 Å². The maximum Gasteiger partial charge on any atom is 0.249 e. The quantitative estimate of drug-likeness (QED) is 0.0285. The molecule has 1 fully saturated rings. The van der Waals surface area contributed by atoms with E-state index in [4.69, 9.17) is 9.47 Å². The highest BCUT2D eigenvalue weighted by Crippen LogP contribution is 2.23. The average Bonchev–Trinajstić information content (AvgIpc) is 3.20. The topological polar surface area (TPSA) is 189 Å². The third-order valence-corrected chi connectivity index (χ3v) is 11.8. The molecule has 9 atom stereocenters. The van der Waals surface area contributed by atoms with Gasteiger partial charge in [0.2, 0.25) is 5.91 Å². The molecule has 8 N–H and O–H groups in total. The number of aliphatic hydroxyl groups excluding tert-OH is 7. The van der Waals surface area contributed by atoms with Crippen molar-refractivity contribution < 1.29 is 50.0 Å². The van der Waals surface area contributed by atoms with Gasteiger partial charge in [0.15, 0.2) is 6.29 Å². The second-order valence-corrected chi connectivity index (χ2v) is 17.7. The van der Waals surface area contributed by atoms with E-state index in [-0.39, 0.29) is 6.42 Å². The van der Waals surface area contributed by atoms with Crippen LogP contribution in [0.3, 0.4) is 0 Å². The average molecular weight is 818 g/mol. The maximum atomic E-state index is 13.1. The molecular weight excluding hydrogens is 727 g/mol. The number of rotatable bonds is 39. The van der Waals surface area contributed by atoms with E-state index in [1.807, 2.05) is 0 Å². The van der Waals surface area contributed by atoms with Crippen LogP contribution in [0.15, 0.2) is 0 Å². The summed E-state index contributed by atoms with van der Waals surface area (Å²) in [6.07, 6.45) is 23.0. The summed E-state index contributed by atoms with van der Waals surface area (Å²) in [6.45, 7) is 5.74. The number of unbranched alkanes of at least 4 members (excludes halogenated alkanes) is 25. The van der Waals surface area contributed by atoms with Gasteiger partial charge in [0.25, 0.3) is 0 Å². The van der Waals surface area contributed by atoms with Crippen molar-refractivity contribution in [2.45, 2.75) is 268 Å². The first-order valence-corrected chi connectivity index (χ1v) is 23.8. The summed E-state index contributed by atoms with van der Waals surface area (Å²) in [4.78, 5) is 13.1. The molecular formula is C46H91NO10. The Kier molecular flexibility index (Phi) is 34.0. The van der Waals surface area contributed by atoms with Crippen molar-refractivity contribution >= 4 is 5.91 Å². The lowest BCUT2D eigenvalue weighted by molar-refractivity contribution is -0.303. The predicted molar refractivity (Wildman–Crippen MR) is 229 cm³/mol. The Labute approximate surface area is 348 Å². The van der Waals surface area contributed by atoms with Gasteiger partial charge in [-0.25, -0.2) is 0 Å². The van der Waals surface area contributed by atoms with Crippen LogP contribution < -0.4 is 5.32 Å². The van der Waals surface area contributed by atoms with E-state index in [0.29, 0.717) is 19.3 Å². The molecule has 0 spiro atoms. The third-order valence-electron chi connectivity index (χ3n) is 11.8. The van der Waals surface area contributed by atoms with Crippen LogP contribution in [0.1, 0.15) is 213 Å². The van der Waals surface area contributed by atoms with E-state index in [9.17, 15) is 40.5 Å². The lowest BCUT2D eigenvalue weighted by Crippen LogP contribution is -2.60. The van der Waals surface area contributed by atoms with Crippen molar-refractivity contribution in [2.24, 2.45) is 5.92 Å². The fourth-order valence-corrected chi connectivity index (χ4v) is 7.86. The minimum Gasteiger partial charge on any atom is -0.394 e. The highest BCUT2D eigenvalue weighted by molar-refractivity contribution is 5.80. The molecule has 0 aromatic rings. The normalized spacial score (nSPS) is 22.1. The monoisotopic (exact) mass is 818 g/mol. The minimum atomic E-state index is -1.66. The second-order valence-electron chi connectivity index (χ2n) is 17.7. The van der Waals surface area contributed by atoms with E-state index in [1.54, 1.807) is 0 Å². The number of aliphatic hydroxyl groups is 7. The highest BCUT2D eigenvalue weighted by atomic mass is 16.7. The van der Waals surface area contributed by atoms with E-state index in [0.717, 1.165) is 44.4 Å². The Bertz CT molecular complexity index is 910. The van der Waals surface area contributed by atoms with Gasteiger partial charge < -0.3 is 50.5 Å². The number of carbonyl (C=O) groups is 1. The molecule has 1 rings (SSSR count). The molecule has 1 saturated heterocycles. The molecule has 0 aromatic carbocycles. The summed E-state index contributed by atoms with van der Waals surface area (Å²) in [5.41, 5.74) is 0. The third kappa shape index (κ3) is 26.8. The van der Waals surface area contributed by atoms with Gasteiger partial charge in [0, 0.05) is 0 Å². The van der Waals surface area contributed by atoms with Gasteiger partial charge in [-0.1, -0.05) is 201 Å². The van der Waals surface area contributed by atoms with Crippen LogP contribution in [0.2, 0.25) is 0 Å². The van der Waals surface area contributed by atoms with Crippen LogP contribution in [0.4, 0.5) is 0 Å². The molecule has 11 heteroatoms. The number of amides is 1. The number of hydrogen-bond donors (Lipinski definition) is 8. The Balaban J connectivity index is 2.41. The fourth-order valence-electron chi connectivity index (χ4n) is 7.86. The lowest BCUT2D eigenvalue weighted by atomic mass is 9.98. The smallest absolute Gasteiger partial charge is 0.249 e. The molecule has 9 unspecified atom stereocenters. The van der Waals surface area contributed by atoms with E-state index in [1.165, 1.54) is 128 Å². The summed E-state index contributed by atoms with van der Waals surface area (Å²) in [6, 6.07) is -1.16. The number of nitrogens with one attached hydrogen (secondary N) is 1. The highest BCUT2D eigenvalue weighted by Gasteiger charge is 2.44. The van der Waals surface area contributed by atoms with Crippen LogP contribution in [0.5, 0.6) is 0 Å². The van der Waals surface area contributed by atoms with Crippen molar-refractivity contribution in [2.75, 3.05) is 13.2 Å². The predicted octanol–water partition coefficient (Wildman–Crippen LogP) is 7.75. The molecule has 11 nitrogen and oxygen atoms in total. The standard InChI is InChI=1S/C46H91NO10/c1-4-5-6-7-8-9-10-11-12-13-14-15-16-17-20-24-27-30-33-39(50)45(55)47-37(35-56-46-44(54)43(53)42(52)40(34-48)57-46)41(51)38(49)32-29-26-23-21-18-19-22-25-28-31-36(2)3/h36-44,46,48-54H,4-35H2,1-3H3,(H,47,55). The van der Waals surface area contributed by atoms with Gasteiger partial charge in [-0.05, 0) is 18.8 Å². The molecule has 0 saturated carbocycles. The first kappa shape index (κ1) is 54.1. The minimum absolute atomic E-state index is 0.265. The Morgan fingerprint density at radius 2 is 0.982 bits per heavy atom. The second kappa shape index (κ2) is 35.8. The maximum absolute atomic E-state index is 13.1. The summed E-state index contributed by atoms with van der Waals surface area (Å²) in [5, 5.41) is 75.6. The van der Waals surface area contributed by atoms with Gasteiger partial charge in [0.1, 0.15) is 36.6 Å². The van der Waals surface area contributed by atoms with Gasteiger partial charge >= 0.3 is 0 Å². The Hall–Kier alpha value is -0.890. The van der Waals surface area contributed by atoms with Crippen molar-refractivity contribution in [1.82, 2.24) is 5.32 Å². The molecule has 0 bridgehead atoms. The van der Waals surface area contributed by atoms with Crippen LogP contribution in [-0.2, 0) is 14.3 Å². The lowest BCUT2D eigenvalue weighted by Gasteiger charge is -2.40. The summed E-state index contributed by atoms with van der Waals surface area (Å²) in [7, 11) is 0.